The molecule has 3 N–H and O–H groups in total. The molecule has 2 amide bonds. The number of aromatic nitrogens is 5. The van der Waals surface area contributed by atoms with Gasteiger partial charge in [-0.15, -0.1) is 0 Å². The first-order valence-corrected chi connectivity index (χ1v) is 13.4. The largest absolute Gasteiger partial charge is 0.437 e. The van der Waals surface area contributed by atoms with Crippen LogP contribution in [0.15, 0.2) is 73.2 Å². The second-order valence-corrected chi connectivity index (χ2v) is 11.1. The maximum Gasteiger partial charge on any atom is 0.324 e. The van der Waals surface area contributed by atoms with Gasteiger partial charge in [0, 0.05) is 41.7 Å². The number of rotatable bonds is 7. The van der Waals surface area contributed by atoms with Crippen LogP contribution in [-0.4, -0.2) is 36.2 Å². The Morgan fingerprint density at radius 1 is 1.05 bits per heavy atom. The minimum atomic E-state index is -0.388. The van der Waals surface area contributed by atoms with Crippen molar-refractivity contribution in [2.75, 3.05) is 16.0 Å². The number of para-hydroxylation sites is 1. The molecular formula is C30H32N8O2. The molecule has 0 spiro atoms. The number of nitrogens with one attached hydrogen (secondary N) is 3. The smallest absolute Gasteiger partial charge is 0.324 e. The van der Waals surface area contributed by atoms with E-state index in [0.717, 1.165) is 35.4 Å². The summed E-state index contributed by atoms with van der Waals surface area (Å²) < 4.78 is 9.84. The number of fused-ring (bicyclic) bond motifs is 1. The Kier molecular flexibility index (Phi) is 6.37. The second-order valence-electron chi connectivity index (χ2n) is 11.1. The van der Waals surface area contributed by atoms with Crippen LogP contribution < -0.4 is 20.7 Å². The second kappa shape index (κ2) is 10.0. The van der Waals surface area contributed by atoms with Gasteiger partial charge in [-0.1, -0.05) is 45.0 Å². The highest BCUT2D eigenvalue weighted by Crippen LogP contribution is 2.31. The van der Waals surface area contributed by atoms with Gasteiger partial charge < -0.3 is 15.4 Å². The summed E-state index contributed by atoms with van der Waals surface area (Å²) in [6.45, 7) is 8.22. The number of carbonyl (C=O) groups is 1. The Labute approximate surface area is 232 Å². The standard InChI is InChI=1S/C30H32N8O2/c1-19-10-11-21(16-23(19)40-26-18-37-15-14-31-28(37)27(35-26)32-20-12-13-20)33-29(39)34-25-17-24(30(2,3)4)36-38(25)22-8-6-5-7-9-22/h5-11,14-18,20H,12-13H2,1-4H3,(H,32,35)(H2,33,34,39). The molecule has 0 bridgehead atoms. The molecular weight excluding hydrogens is 504 g/mol. The highest BCUT2D eigenvalue weighted by Gasteiger charge is 2.24. The van der Waals surface area contributed by atoms with E-state index in [1.165, 1.54) is 0 Å². The number of carbonyl (C=O) groups excluding carboxylic acids is 1. The molecule has 1 aliphatic rings. The molecule has 0 unspecified atom stereocenters. The van der Waals surface area contributed by atoms with Crippen LogP contribution in [0.5, 0.6) is 11.6 Å². The van der Waals surface area contributed by atoms with Crippen LogP contribution in [0.1, 0.15) is 44.9 Å². The Morgan fingerprint density at radius 3 is 2.60 bits per heavy atom. The summed E-state index contributed by atoms with van der Waals surface area (Å²) in [5.74, 6) is 2.29. The van der Waals surface area contributed by atoms with E-state index < -0.39 is 0 Å². The van der Waals surface area contributed by atoms with E-state index >= 15 is 0 Å². The zero-order valence-electron chi connectivity index (χ0n) is 23.0. The number of amides is 2. The molecule has 204 valence electrons. The van der Waals surface area contributed by atoms with Gasteiger partial charge in [0.25, 0.3) is 0 Å². The lowest BCUT2D eigenvalue weighted by atomic mass is 9.92. The number of hydrogen-bond acceptors (Lipinski definition) is 6. The predicted molar refractivity (Wildman–Crippen MR) is 156 cm³/mol. The monoisotopic (exact) mass is 536 g/mol. The molecule has 6 rings (SSSR count). The number of benzene rings is 2. The van der Waals surface area contributed by atoms with Crippen LogP contribution in [0.4, 0.5) is 22.1 Å². The minimum absolute atomic E-state index is 0.183. The van der Waals surface area contributed by atoms with Crippen LogP contribution in [0.25, 0.3) is 11.3 Å². The molecule has 1 aliphatic carbocycles. The summed E-state index contributed by atoms with van der Waals surface area (Å²) in [6.07, 6.45) is 7.64. The molecule has 1 fully saturated rings. The van der Waals surface area contributed by atoms with Crippen molar-refractivity contribution >= 4 is 29.0 Å². The lowest BCUT2D eigenvalue weighted by Crippen LogP contribution is -2.21. The van der Waals surface area contributed by atoms with Crippen molar-refractivity contribution in [1.82, 2.24) is 24.1 Å². The van der Waals surface area contributed by atoms with Crippen molar-refractivity contribution in [3.8, 4) is 17.3 Å². The van der Waals surface area contributed by atoms with E-state index in [1.54, 1.807) is 23.1 Å². The number of urea groups is 1. The molecule has 0 atom stereocenters. The molecule has 0 radical (unpaired) electrons. The molecule has 5 aromatic rings. The zero-order valence-corrected chi connectivity index (χ0v) is 23.0. The van der Waals surface area contributed by atoms with Gasteiger partial charge in [0.15, 0.2) is 11.5 Å². The van der Waals surface area contributed by atoms with Gasteiger partial charge in [0.05, 0.1) is 17.6 Å². The Bertz CT molecular complexity index is 1680. The number of nitrogens with zero attached hydrogens (tertiary/aromatic N) is 5. The summed E-state index contributed by atoms with van der Waals surface area (Å²) in [4.78, 5) is 22.2. The average molecular weight is 537 g/mol. The van der Waals surface area contributed by atoms with E-state index in [0.29, 0.717) is 35.0 Å². The lowest BCUT2D eigenvalue weighted by molar-refractivity contribution is 0.262. The van der Waals surface area contributed by atoms with Gasteiger partial charge in [-0.05, 0) is 43.5 Å². The zero-order chi connectivity index (χ0) is 27.9. The number of anilines is 3. The Morgan fingerprint density at radius 2 is 1.85 bits per heavy atom. The quantitative estimate of drug-likeness (QED) is 0.218. The average Bonchev–Trinajstić information content (AvgIpc) is 3.41. The van der Waals surface area contributed by atoms with Gasteiger partial charge in [0.1, 0.15) is 11.6 Å². The summed E-state index contributed by atoms with van der Waals surface area (Å²) in [5.41, 5.74) is 3.80. The SMILES string of the molecule is Cc1ccc(NC(=O)Nc2cc(C(C)(C)C)nn2-c2ccccc2)cc1Oc1cn2ccnc2c(NC2CC2)n1. The van der Waals surface area contributed by atoms with Crippen LogP contribution >= 0.6 is 0 Å². The molecule has 3 heterocycles. The van der Waals surface area contributed by atoms with Gasteiger partial charge in [-0.3, -0.25) is 9.72 Å². The highest BCUT2D eigenvalue weighted by atomic mass is 16.5. The van der Waals surface area contributed by atoms with Crippen molar-refractivity contribution in [1.29, 1.82) is 0 Å². The van der Waals surface area contributed by atoms with Crippen molar-refractivity contribution in [2.24, 2.45) is 0 Å². The minimum Gasteiger partial charge on any atom is -0.437 e. The van der Waals surface area contributed by atoms with E-state index in [9.17, 15) is 4.79 Å². The number of imidazole rings is 1. The fourth-order valence-electron chi connectivity index (χ4n) is 4.26. The predicted octanol–water partition coefficient (Wildman–Crippen LogP) is 6.53. The van der Waals surface area contributed by atoms with E-state index in [-0.39, 0.29) is 11.4 Å². The fraction of sp³-hybridized carbons (Fsp3) is 0.267. The van der Waals surface area contributed by atoms with Crippen molar-refractivity contribution in [3.63, 3.8) is 0 Å². The summed E-state index contributed by atoms with van der Waals surface area (Å²) in [5, 5.41) is 14.1. The molecule has 3 aromatic heterocycles. The summed E-state index contributed by atoms with van der Waals surface area (Å²) in [6, 6.07) is 17.2. The van der Waals surface area contributed by atoms with Crippen LogP contribution in [0, 0.1) is 6.92 Å². The number of hydrogen-bond donors (Lipinski definition) is 3. The van der Waals surface area contributed by atoms with Gasteiger partial charge >= 0.3 is 6.03 Å². The first-order chi connectivity index (χ1) is 19.2. The Balaban J connectivity index is 1.22. The Hall–Kier alpha value is -4.86. The van der Waals surface area contributed by atoms with Crippen molar-refractivity contribution in [2.45, 2.75) is 52.0 Å². The molecule has 0 aliphatic heterocycles. The maximum atomic E-state index is 13.1. The molecule has 0 saturated heterocycles. The number of aryl methyl sites for hydroxylation is 1. The van der Waals surface area contributed by atoms with E-state index in [4.69, 9.17) is 9.84 Å². The molecule has 10 nitrogen and oxygen atoms in total. The fourth-order valence-corrected chi connectivity index (χ4v) is 4.26. The molecule has 1 saturated carbocycles. The lowest BCUT2D eigenvalue weighted by Gasteiger charge is -2.14. The third-order valence-corrected chi connectivity index (χ3v) is 6.65. The molecule has 40 heavy (non-hydrogen) atoms. The normalized spacial score (nSPS) is 13.3. The molecule has 2 aromatic carbocycles. The van der Waals surface area contributed by atoms with Gasteiger partial charge in [-0.2, -0.15) is 10.1 Å². The summed E-state index contributed by atoms with van der Waals surface area (Å²) in [7, 11) is 0. The maximum absolute atomic E-state index is 13.1. The van der Waals surface area contributed by atoms with Crippen LogP contribution in [-0.2, 0) is 5.41 Å². The molecule has 10 heteroatoms. The van der Waals surface area contributed by atoms with Gasteiger partial charge in [0.2, 0.25) is 5.88 Å². The van der Waals surface area contributed by atoms with Crippen LogP contribution in [0.2, 0.25) is 0 Å². The van der Waals surface area contributed by atoms with Gasteiger partial charge in [-0.25, -0.2) is 14.5 Å². The third kappa shape index (κ3) is 5.47. The third-order valence-electron chi connectivity index (χ3n) is 6.65. The number of ether oxygens (including phenoxy) is 1. The van der Waals surface area contributed by atoms with Crippen molar-refractivity contribution < 1.29 is 9.53 Å². The van der Waals surface area contributed by atoms with E-state index in [2.05, 4.69) is 46.7 Å². The first kappa shape index (κ1) is 25.4. The first-order valence-electron chi connectivity index (χ1n) is 13.4. The highest BCUT2D eigenvalue weighted by molar-refractivity contribution is 5.99. The van der Waals surface area contributed by atoms with E-state index in [1.807, 2.05) is 66.1 Å². The topological polar surface area (TPSA) is 110 Å². The summed E-state index contributed by atoms with van der Waals surface area (Å²) >= 11 is 0. The van der Waals surface area contributed by atoms with Crippen molar-refractivity contribution in [3.05, 3.63) is 84.4 Å². The van der Waals surface area contributed by atoms with Crippen LogP contribution in [0.3, 0.4) is 0 Å².